The van der Waals surface area contributed by atoms with Crippen LogP contribution in [0.15, 0.2) is 0 Å². The van der Waals surface area contributed by atoms with E-state index >= 15 is 0 Å². The number of carbonyl (C=O) groups excluding carboxylic acids is 2. The van der Waals surface area contributed by atoms with E-state index in [-0.39, 0.29) is 11.9 Å². The molecule has 1 aliphatic heterocycles. The molecule has 0 atom stereocenters. The van der Waals surface area contributed by atoms with Crippen molar-refractivity contribution in [2.45, 2.75) is 37.6 Å². The minimum atomic E-state index is -0.661. The summed E-state index contributed by atoms with van der Waals surface area (Å²) in [5.41, 5.74) is 5.64. The average Bonchev–Trinajstić information content (AvgIpc) is 2.46. The number of carbonyl (C=O) groups is 2. The lowest BCUT2D eigenvalue weighted by Crippen LogP contribution is -2.61. The van der Waals surface area contributed by atoms with Gasteiger partial charge in [-0.3, -0.25) is 4.79 Å². The second kappa shape index (κ2) is 5.99. The molecule has 0 bridgehead atoms. The fraction of sp³-hybridized carbons (Fsp3) is 0.857. The molecule has 1 saturated heterocycles. The van der Waals surface area contributed by atoms with Gasteiger partial charge < -0.3 is 20.4 Å². The van der Waals surface area contributed by atoms with Crippen LogP contribution in [0.25, 0.3) is 0 Å². The molecule has 2 aliphatic rings. The quantitative estimate of drug-likeness (QED) is 0.760. The number of hydrogen-bond acceptors (Lipinski definition) is 3. The Bertz CT molecular complexity index is 369. The fourth-order valence-corrected chi connectivity index (χ4v) is 3.10. The summed E-state index contributed by atoms with van der Waals surface area (Å²) in [5.74, 6) is 0.0779. The van der Waals surface area contributed by atoms with Crippen molar-refractivity contribution in [3.63, 3.8) is 0 Å². The molecule has 0 unspecified atom stereocenters. The number of nitrogens with two attached hydrogens (primary N) is 1. The molecule has 2 N–H and O–H groups in total. The van der Waals surface area contributed by atoms with Crippen LogP contribution in [0.4, 0.5) is 4.79 Å². The molecule has 114 valence electrons. The maximum Gasteiger partial charge on any atom is 0.319 e. The Morgan fingerprint density at radius 2 is 1.45 bits per heavy atom. The summed E-state index contributed by atoms with van der Waals surface area (Å²) in [5, 5.41) is 0. The van der Waals surface area contributed by atoms with Crippen molar-refractivity contribution < 1.29 is 9.59 Å². The van der Waals surface area contributed by atoms with Gasteiger partial charge in [-0.05, 0) is 12.8 Å². The highest BCUT2D eigenvalue weighted by molar-refractivity contribution is 5.86. The lowest BCUT2D eigenvalue weighted by Gasteiger charge is -2.41. The zero-order valence-electron chi connectivity index (χ0n) is 12.6. The Kier molecular flexibility index (Phi) is 4.52. The number of nitrogens with zero attached hydrogens (tertiary/aromatic N) is 3. The van der Waals surface area contributed by atoms with E-state index in [1.54, 1.807) is 23.9 Å². The first kappa shape index (κ1) is 15.1. The molecule has 0 spiro atoms. The molecule has 0 aromatic rings. The summed E-state index contributed by atoms with van der Waals surface area (Å²) in [4.78, 5) is 29.6. The fourth-order valence-electron chi connectivity index (χ4n) is 3.10. The molecule has 6 nitrogen and oxygen atoms in total. The highest BCUT2D eigenvalue weighted by Gasteiger charge is 2.39. The van der Waals surface area contributed by atoms with Crippen LogP contribution in [0.1, 0.15) is 32.1 Å². The van der Waals surface area contributed by atoms with E-state index < -0.39 is 5.54 Å². The third kappa shape index (κ3) is 3.06. The maximum absolute atomic E-state index is 12.6. The van der Waals surface area contributed by atoms with Gasteiger partial charge in [-0.15, -0.1) is 0 Å². The summed E-state index contributed by atoms with van der Waals surface area (Å²) in [6.45, 7) is 2.38. The molecule has 2 fully saturated rings. The first-order valence-electron chi connectivity index (χ1n) is 7.48. The highest BCUT2D eigenvalue weighted by atomic mass is 16.2. The lowest BCUT2D eigenvalue weighted by atomic mass is 9.81. The van der Waals surface area contributed by atoms with Gasteiger partial charge in [0.1, 0.15) is 0 Å². The molecule has 3 amide bonds. The molecule has 20 heavy (non-hydrogen) atoms. The van der Waals surface area contributed by atoms with Crippen LogP contribution in [0, 0.1) is 0 Å². The Hall–Kier alpha value is -1.30. The van der Waals surface area contributed by atoms with Gasteiger partial charge in [-0.1, -0.05) is 19.3 Å². The second-order valence-electron chi connectivity index (χ2n) is 6.17. The van der Waals surface area contributed by atoms with Crippen molar-refractivity contribution in [1.29, 1.82) is 0 Å². The number of amides is 3. The van der Waals surface area contributed by atoms with Gasteiger partial charge in [0, 0.05) is 40.3 Å². The predicted octanol–water partition coefficient (Wildman–Crippen LogP) is 0.474. The van der Waals surface area contributed by atoms with E-state index in [0.29, 0.717) is 26.2 Å². The van der Waals surface area contributed by atoms with Gasteiger partial charge >= 0.3 is 6.03 Å². The van der Waals surface area contributed by atoms with Crippen LogP contribution in [0.3, 0.4) is 0 Å². The minimum absolute atomic E-state index is 0.0113. The van der Waals surface area contributed by atoms with Gasteiger partial charge in [0.05, 0.1) is 5.54 Å². The predicted molar refractivity (Wildman–Crippen MR) is 77.2 cm³/mol. The van der Waals surface area contributed by atoms with Gasteiger partial charge in [-0.2, -0.15) is 0 Å². The molecule has 6 heteroatoms. The van der Waals surface area contributed by atoms with E-state index in [9.17, 15) is 9.59 Å². The SMILES string of the molecule is CN(C)C(=O)N1CCN(C(=O)C2(N)CCCCC2)CC1. The van der Waals surface area contributed by atoms with Crippen molar-refractivity contribution in [3.05, 3.63) is 0 Å². The normalized spacial score (nSPS) is 22.6. The van der Waals surface area contributed by atoms with E-state index in [1.807, 2.05) is 4.90 Å². The number of hydrogen-bond donors (Lipinski definition) is 1. The van der Waals surface area contributed by atoms with Crippen LogP contribution >= 0.6 is 0 Å². The van der Waals surface area contributed by atoms with E-state index in [2.05, 4.69) is 0 Å². The summed E-state index contributed by atoms with van der Waals surface area (Å²) in [6, 6.07) is 0.0113. The van der Waals surface area contributed by atoms with Crippen LogP contribution < -0.4 is 5.73 Å². The number of piperazine rings is 1. The Morgan fingerprint density at radius 1 is 0.950 bits per heavy atom. The van der Waals surface area contributed by atoms with E-state index in [0.717, 1.165) is 25.7 Å². The van der Waals surface area contributed by atoms with E-state index in [1.165, 1.54) is 6.42 Å². The molecule has 1 aliphatic carbocycles. The van der Waals surface area contributed by atoms with Crippen LogP contribution in [0.2, 0.25) is 0 Å². The largest absolute Gasteiger partial charge is 0.338 e. The van der Waals surface area contributed by atoms with Crippen LogP contribution in [0.5, 0.6) is 0 Å². The summed E-state index contributed by atoms with van der Waals surface area (Å²) < 4.78 is 0. The van der Waals surface area contributed by atoms with Crippen LogP contribution in [-0.2, 0) is 4.79 Å². The van der Waals surface area contributed by atoms with Crippen molar-refractivity contribution in [2.24, 2.45) is 5.73 Å². The van der Waals surface area contributed by atoms with Crippen molar-refractivity contribution in [2.75, 3.05) is 40.3 Å². The molecule has 1 saturated carbocycles. The summed E-state index contributed by atoms with van der Waals surface area (Å²) >= 11 is 0. The summed E-state index contributed by atoms with van der Waals surface area (Å²) in [7, 11) is 3.49. The van der Waals surface area contributed by atoms with Gasteiger partial charge in [-0.25, -0.2) is 4.79 Å². The first-order valence-corrected chi connectivity index (χ1v) is 7.48. The summed E-state index contributed by atoms with van der Waals surface area (Å²) in [6.07, 6.45) is 4.85. The van der Waals surface area contributed by atoms with Crippen molar-refractivity contribution >= 4 is 11.9 Å². The van der Waals surface area contributed by atoms with Crippen molar-refractivity contribution in [1.82, 2.24) is 14.7 Å². The average molecular weight is 282 g/mol. The van der Waals surface area contributed by atoms with Crippen LogP contribution in [-0.4, -0.2) is 72.5 Å². The molecule has 0 aromatic carbocycles. The second-order valence-corrected chi connectivity index (χ2v) is 6.17. The zero-order chi connectivity index (χ0) is 14.8. The molecular formula is C14H26N4O2. The molecular weight excluding hydrogens is 256 g/mol. The third-order valence-corrected chi connectivity index (χ3v) is 4.39. The topological polar surface area (TPSA) is 69.9 Å². The number of rotatable bonds is 1. The van der Waals surface area contributed by atoms with Crippen molar-refractivity contribution in [3.8, 4) is 0 Å². The lowest BCUT2D eigenvalue weighted by molar-refractivity contribution is -0.139. The standard InChI is InChI=1S/C14H26N4O2/c1-16(2)13(20)18-10-8-17(9-11-18)12(19)14(15)6-4-3-5-7-14/h3-11,15H2,1-2H3. The van der Waals surface area contributed by atoms with Gasteiger partial charge in [0.2, 0.25) is 5.91 Å². The van der Waals surface area contributed by atoms with Gasteiger partial charge in [0.15, 0.2) is 0 Å². The molecule has 2 rings (SSSR count). The number of urea groups is 1. The molecule has 1 heterocycles. The monoisotopic (exact) mass is 282 g/mol. The zero-order valence-corrected chi connectivity index (χ0v) is 12.6. The van der Waals surface area contributed by atoms with Gasteiger partial charge in [0.25, 0.3) is 0 Å². The minimum Gasteiger partial charge on any atom is -0.338 e. The maximum atomic E-state index is 12.6. The highest BCUT2D eigenvalue weighted by Crippen LogP contribution is 2.28. The smallest absolute Gasteiger partial charge is 0.319 e. The first-order chi connectivity index (χ1) is 9.44. The molecule has 0 aromatic heterocycles. The Morgan fingerprint density at radius 3 is 1.95 bits per heavy atom. The third-order valence-electron chi connectivity index (χ3n) is 4.39. The Labute approximate surface area is 120 Å². The Balaban J connectivity index is 1.90. The molecule has 0 radical (unpaired) electrons. The van der Waals surface area contributed by atoms with E-state index in [4.69, 9.17) is 5.73 Å².